The third-order valence-electron chi connectivity index (χ3n) is 2.87. The zero-order valence-electron chi connectivity index (χ0n) is 11.0. The average Bonchev–Trinajstić information content (AvgIpc) is 2.42. The van der Waals surface area contributed by atoms with Gasteiger partial charge in [0.05, 0.1) is 0 Å². The minimum absolute atomic E-state index is 0.113. The maximum atomic E-state index is 10.2. The van der Waals surface area contributed by atoms with Crippen molar-refractivity contribution in [2.45, 2.75) is 19.8 Å². The molecule has 0 spiro atoms. The molecule has 0 amide bonds. The summed E-state index contributed by atoms with van der Waals surface area (Å²) in [7, 11) is 0. The molecular formula is C16H18O3. The van der Waals surface area contributed by atoms with Gasteiger partial charge in [-0.05, 0) is 49.1 Å². The van der Waals surface area contributed by atoms with Crippen molar-refractivity contribution in [3.63, 3.8) is 0 Å². The highest BCUT2D eigenvalue weighted by atomic mass is 16.5. The number of phenols is 1. The first-order valence-corrected chi connectivity index (χ1v) is 6.37. The molecule has 0 bridgehead atoms. The van der Waals surface area contributed by atoms with Crippen molar-refractivity contribution < 1.29 is 14.9 Å². The van der Waals surface area contributed by atoms with Crippen LogP contribution in [0.15, 0.2) is 42.5 Å². The SMILES string of the molecule is Cc1cc(CCCO)c(O)c(Oc2ccccc2)c1. The zero-order valence-corrected chi connectivity index (χ0v) is 11.0. The number of aliphatic hydroxyl groups excluding tert-OH is 1. The van der Waals surface area contributed by atoms with Gasteiger partial charge in [-0.15, -0.1) is 0 Å². The normalized spacial score (nSPS) is 10.4. The van der Waals surface area contributed by atoms with E-state index in [4.69, 9.17) is 9.84 Å². The third kappa shape index (κ3) is 3.48. The standard InChI is InChI=1S/C16H18O3/c1-12-10-13(6-5-9-17)16(18)15(11-12)19-14-7-3-2-4-8-14/h2-4,7-8,10-11,17-18H,5-6,9H2,1H3. The molecule has 0 saturated heterocycles. The molecule has 0 saturated carbocycles. The van der Waals surface area contributed by atoms with E-state index < -0.39 is 0 Å². The van der Waals surface area contributed by atoms with Crippen LogP contribution in [0.3, 0.4) is 0 Å². The Balaban J connectivity index is 2.27. The number of aliphatic hydroxyl groups is 1. The van der Waals surface area contributed by atoms with Crippen molar-refractivity contribution in [2.24, 2.45) is 0 Å². The second-order valence-electron chi connectivity index (χ2n) is 4.51. The van der Waals surface area contributed by atoms with Crippen LogP contribution in [0, 0.1) is 6.92 Å². The van der Waals surface area contributed by atoms with Gasteiger partial charge in [-0.2, -0.15) is 0 Å². The van der Waals surface area contributed by atoms with Crippen LogP contribution >= 0.6 is 0 Å². The molecule has 0 atom stereocenters. The van der Waals surface area contributed by atoms with Crippen LogP contribution in [0.5, 0.6) is 17.2 Å². The Morgan fingerprint density at radius 1 is 1.11 bits per heavy atom. The van der Waals surface area contributed by atoms with E-state index in [-0.39, 0.29) is 12.4 Å². The van der Waals surface area contributed by atoms with Gasteiger partial charge in [-0.1, -0.05) is 24.3 Å². The molecule has 0 aliphatic heterocycles. The van der Waals surface area contributed by atoms with Gasteiger partial charge in [-0.25, -0.2) is 0 Å². The van der Waals surface area contributed by atoms with E-state index in [9.17, 15) is 5.11 Å². The smallest absolute Gasteiger partial charge is 0.169 e. The Bertz CT molecular complexity index is 535. The number of benzene rings is 2. The zero-order chi connectivity index (χ0) is 13.7. The van der Waals surface area contributed by atoms with E-state index in [0.29, 0.717) is 24.3 Å². The number of aromatic hydroxyl groups is 1. The molecule has 0 unspecified atom stereocenters. The Labute approximate surface area is 113 Å². The number of ether oxygens (including phenoxy) is 1. The van der Waals surface area contributed by atoms with E-state index >= 15 is 0 Å². The quantitative estimate of drug-likeness (QED) is 0.864. The van der Waals surface area contributed by atoms with Gasteiger partial charge < -0.3 is 14.9 Å². The van der Waals surface area contributed by atoms with Gasteiger partial charge >= 0.3 is 0 Å². The minimum atomic E-state index is 0.113. The summed E-state index contributed by atoms with van der Waals surface area (Å²) >= 11 is 0. The van der Waals surface area contributed by atoms with Gasteiger partial charge in [0.25, 0.3) is 0 Å². The molecule has 100 valence electrons. The molecule has 2 aromatic carbocycles. The molecule has 2 N–H and O–H groups in total. The molecule has 3 heteroatoms. The average molecular weight is 258 g/mol. The van der Waals surface area contributed by atoms with Crippen LogP contribution in [-0.2, 0) is 6.42 Å². The van der Waals surface area contributed by atoms with Crippen LogP contribution < -0.4 is 4.74 Å². The highest BCUT2D eigenvalue weighted by Crippen LogP contribution is 2.35. The summed E-state index contributed by atoms with van der Waals surface area (Å²) in [4.78, 5) is 0. The summed E-state index contributed by atoms with van der Waals surface area (Å²) in [5.74, 6) is 1.30. The van der Waals surface area contributed by atoms with Crippen LogP contribution in [0.4, 0.5) is 0 Å². The van der Waals surface area contributed by atoms with Crippen LogP contribution in [-0.4, -0.2) is 16.8 Å². The van der Waals surface area contributed by atoms with Crippen molar-refractivity contribution in [1.29, 1.82) is 0 Å². The van der Waals surface area contributed by atoms with Crippen LogP contribution in [0.1, 0.15) is 17.5 Å². The van der Waals surface area contributed by atoms with Crippen LogP contribution in [0.25, 0.3) is 0 Å². The number of para-hydroxylation sites is 1. The molecule has 0 heterocycles. The molecule has 2 rings (SSSR count). The fourth-order valence-corrected chi connectivity index (χ4v) is 1.97. The molecule has 2 aromatic rings. The lowest BCUT2D eigenvalue weighted by molar-refractivity contribution is 0.287. The van der Waals surface area contributed by atoms with Gasteiger partial charge in [0, 0.05) is 6.61 Å². The first kappa shape index (κ1) is 13.4. The molecular weight excluding hydrogens is 240 g/mol. The maximum Gasteiger partial charge on any atom is 0.169 e. The van der Waals surface area contributed by atoms with Gasteiger partial charge in [-0.3, -0.25) is 0 Å². The lowest BCUT2D eigenvalue weighted by atomic mass is 10.1. The van der Waals surface area contributed by atoms with Crippen molar-refractivity contribution in [2.75, 3.05) is 6.61 Å². The lowest BCUT2D eigenvalue weighted by Gasteiger charge is -2.12. The Hall–Kier alpha value is -2.00. The molecule has 3 nitrogen and oxygen atoms in total. The predicted octanol–water partition coefficient (Wildman–Crippen LogP) is 3.42. The Morgan fingerprint density at radius 3 is 2.53 bits per heavy atom. The number of hydrogen-bond donors (Lipinski definition) is 2. The maximum absolute atomic E-state index is 10.2. The Morgan fingerprint density at radius 2 is 1.84 bits per heavy atom. The summed E-state index contributed by atoms with van der Waals surface area (Å²) < 4.78 is 5.70. The molecule has 19 heavy (non-hydrogen) atoms. The second-order valence-corrected chi connectivity index (χ2v) is 4.51. The number of rotatable bonds is 5. The monoisotopic (exact) mass is 258 g/mol. The van der Waals surface area contributed by atoms with E-state index in [2.05, 4.69) is 0 Å². The van der Waals surface area contributed by atoms with Gasteiger partial charge in [0.2, 0.25) is 0 Å². The van der Waals surface area contributed by atoms with E-state index in [1.165, 1.54) is 0 Å². The fraction of sp³-hybridized carbons (Fsp3) is 0.250. The van der Waals surface area contributed by atoms with Crippen molar-refractivity contribution in [3.05, 3.63) is 53.6 Å². The third-order valence-corrected chi connectivity index (χ3v) is 2.87. The summed E-state index contributed by atoms with van der Waals surface area (Å²) in [6, 6.07) is 13.1. The van der Waals surface area contributed by atoms with Gasteiger partial charge in [0.1, 0.15) is 5.75 Å². The van der Waals surface area contributed by atoms with Crippen molar-refractivity contribution in [3.8, 4) is 17.2 Å². The molecule has 0 aliphatic rings. The fourth-order valence-electron chi connectivity index (χ4n) is 1.97. The molecule has 0 aliphatic carbocycles. The highest BCUT2D eigenvalue weighted by Gasteiger charge is 2.10. The number of hydrogen-bond acceptors (Lipinski definition) is 3. The summed E-state index contributed by atoms with van der Waals surface area (Å²) in [5, 5.41) is 19.1. The minimum Gasteiger partial charge on any atom is -0.504 e. The van der Waals surface area contributed by atoms with E-state index in [1.54, 1.807) is 0 Å². The summed E-state index contributed by atoms with van der Waals surface area (Å²) in [5.41, 5.74) is 1.83. The highest BCUT2D eigenvalue weighted by molar-refractivity contribution is 5.50. The number of phenolic OH excluding ortho intramolecular Hbond substituents is 1. The largest absolute Gasteiger partial charge is 0.504 e. The predicted molar refractivity (Wildman–Crippen MR) is 74.8 cm³/mol. The van der Waals surface area contributed by atoms with E-state index in [1.807, 2.05) is 49.4 Å². The van der Waals surface area contributed by atoms with Crippen LogP contribution in [0.2, 0.25) is 0 Å². The Kier molecular flexibility index (Phi) is 4.42. The first-order valence-electron chi connectivity index (χ1n) is 6.37. The first-order chi connectivity index (χ1) is 9.20. The lowest BCUT2D eigenvalue weighted by Crippen LogP contribution is -1.94. The van der Waals surface area contributed by atoms with E-state index in [0.717, 1.165) is 11.1 Å². The molecule has 0 radical (unpaired) electrons. The summed E-state index contributed by atoms with van der Waals surface area (Å²) in [6.07, 6.45) is 1.26. The topological polar surface area (TPSA) is 49.7 Å². The number of aryl methyl sites for hydroxylation is 2. The second kappa shape index (κ2) is 6.25. The van der Waals surface area contributed by atoms with Crippen molar-refractivity contribution in [1.82, 2.24) is 0 Å². The molecule has 0 fully saturated rings. The summed E-state index contributed by atoms with van der Waals surface area (Å²) in [6.45, 7) is 2.07. The van der Waals surface area contributed by atoms with Crippen molar-refractivity contribution >= 4 is 0 Å². The molecule has 0 aromatic heterocycles. The van der Waals surface area contributed by atoms with Gasteiger partial charge in [0.15, 0.2) is 11.5 Å².